The number of thiol groups is 1. The molecule has 0 aliphatic carbocycles. The van der Waals surface area contributed by atoms with E-state index in [2.05, 4.69) is 24.9 Å². The molecule has 0 aliphatic heterocycles. The van der Waals surface area contributed by atoms with Gasteiger partial charge in [-0.15, -0.1) is 0 Å². The van der Waals surface area contributed by atoms with E-state index in [0.29, 0.717) is 5.25 Å². The highest BCUT2D eigenvalue weighted by Crippen LogP contribution is 1.85. The Kier molecular flexibility index (Phi) is 3.68. The van der Waals surface area contributed by atoms with Crippen molar-refractivity contribution in [2.75, 3.05) is 13.6 Å². The van der Waals surface area contributed by atoms with Crippen LogP contribution in [0.25, 0.3) is 0 Å². The van der Waals surface area contributed by atoms with Gasteiger partial charge in [0.1, 0.15) is 0 Å². The highest BCUT2D eigenvalue weighted by molar-refractivity contribution is 7.80. The Bertz CT molecular complexity index is 28.7. The van der Waals surface area contributed by atoms with Crippen LogP contribution in [0.2, 0.25) is 0 Å². The van der Waals surface area contributed by atoms with E-state index in [-0.39, 0.29) is 0 Å². The van der Waals surface area contributed by atoms with Gasteiger partial charge in [-0.1, -0.05) is 6.92 Å². The van der Waals surface area contributed by atoms with Crippen molar-refractivity contribution < 1.29 is 0 Å². The van der Waals surface area contributed by atoms with Gasteiger partial charge in [-0.05, 0) is 7.05 Å². The lowest BCUT2D eigenvalue weighted by molar-refractivity contribution is 0.789. The third-order valence-electron chi connectivity index (χ3n) is 0.500. The fraction of sp³-hybridized carbons (Fsp3) is 1.00. The van der Waals surface area contributed by atoms with Crippen molar-refractivity contribution in [3.63, 3.8) is 0 Å². The summed E-state index contributed by atoms with van der Waals surface area (Å²) in [7, 11) is 1.92. The lowest BCUT2D eigenvalue weighted by Gasteiger charge is -1.97. The third-order valence-corrected chi connectivity index (χ3v) is 0.682. The fourth-order valence-electron chi connectivity index (χ4n) is 0.295. The van der Waals surface area contributed by atoms with E-state index in [0.717, 1.165) is 6.54 Å². The van der Waals surface area contributed by atoms with E-state index in [1.807, 2.05) is 7.05 Å². The summed E-state index contributed by atoms with van der Waals surface area (Å²) in [6.07, 6.45) is 0. The van der Waals surface area contributed by atoms with E-state index >= 15 is 0 Å². The zero-order chi connectivity index (χ0) is 4.99. The molecule has 6 heavy (non-hydrogen) atoms. The van der Waals surface area contributed by atoms with Gasteiger partial charge in [0.05, 0.1) is 0 Å². The van der Waals surface area contributed by atoms with Crippen LogP contribution in [0.15, 0.2) is 0 Å². The maximum Gasteiger partial charge on any atom is 0.0113 e. The second-order valence-electron chi connectivity index (χ2n) is 1.41. The van der Waals surface area contributed by atoms with Crippen LogP contribution in [0.5, 0.6) is 0 Å². The van der Waals surface area contributed by atoms with Crippen LogP contribution in [-0.4, -0.2) is 18.8 Å². The molecular weight excluding hydrogens is 94.1 g/mol. The van der Waals surface area contributed by atoms with Crippen LogP contribution < -0.4 is 5.32 Å². The summed E-state index contributed by atoms with van der Waals surface area (Å²) in [5.74, 6) is 0. The summed E-state index contributed by atoms with van der Waals surface area (Å²) in [4.78, 5) is 0. The van der Waals surface area contributed by atoms with Gasteiger partial charge in [-0.25, -0.2) is 0 Å². The zero-order valence-corrected chi connectivity index (χ0v) is 5.13. The monoisotopic (exact) mass is 105 g/mol. The Morgan fingerprint density at radius 2 is 2.33 bits per heavy atom. The van der Waals surface area contributed by atoms with Gasteiger partial charge < -0.3 is 5.32 Å². The van der Waals surface area contributed by atoms with Gasteiger partial charge in [0.15, 0.2) is 0 Å². The molecule has 0 aliphatic rings. The molecule has 1 unspecified atom stereocenters. The first-order valence-corrected chi connectivity index (χ1v) is 2.61. The Labute approximate surface area is 44.5 Å². The number of rotatable bonds is 2. The predicted molar refractivity (Wildman–Crippen MR) is 32.4 cm³/mol. The van der Waals surface area contributed by atoms with Crippen LogP contribution in [0.1, 0.15) is 6.92 Å². The molecule has 0 aromatic carbocycles. The van der Waals surface area contributed by atoms with Crippen LogP contribution in [0.4, 0.5) is 0 Å². The van der Waals surface area contributed by atoms with E-state index < -0.39 is 0 Å². The molecule has 0 aromatic rings. The lowest BCUT2D eigenvalue weighted by atomic mass is 10.5. The van der Waals surface area contributed by atoms with Crippen LogP contribution in [0, 0.1) is 0 Å². The number of hydrogen-bond donors (Lipinski definition) is 2. The van der Waals surface area contributed by atoms with Crippen molar-refractivity contribution in [2.24, 2.45) is 0 Å². The standard InChI is InChI=1S/C4H11NS/c1-4(6)3-5-2/h4-6H,3H2,1-2H3. The minimum absolute atomic E-state index is 0.481. The Hall–Kier alpha value is 0.310. The average molecular weight is 105 g/mol. The first-order chi connectivity index (χ1) is 2.77. The lowest BCUT2D eigenvalue weighted by Crippen LogP contribution is -2.15. The van der Waals surface area contributed by atoms with E-state index in [1.54, 1.807) is 0 Å². The SMILES string of the molecule is CNCC(C)S. The normalized spacial score (nSPS) is 14.5. The Balaban J connectivity index is 2.63. The molecule has 0 rings (SSSR count). The summed E-state index contributed by atoms with van der Waals surface area (Å²) in [5, 5.41) is 3.47. The first-order valence-electron chi connectivity index (χ1n) is 2.10. The summed E-state index contributed by atoms with van der Waals surface area (Å²) in [6.45, 7) is 3.04. The van der Waals surface area contributed by atoms with Crippen LogP contribution >= 0.6 is 12.6 Å². The summed E-state index contributed by atoms with van der Waals surface area (Å²) >= 11 is 4.12. The van der Waals surface area contributed by atoms with Crippen molar-refractivity contribution in [1.82, 2.24) is 5.32 Å². The molecule has 0 radical (unpaired) electrons. The van der Waals surface area contributed by atoms with Crippen LogP contribution in [0.3, 0.4) is 0 Å². The molecule has 0 spiro atoms. The Morgan fingerprint density at radius 1 is 1.83 bits per heavy atom. The van der Waals surface area contributed by atoms with Crippen molar-refractivity contribution in [3.05, 3.63) is 0 Å². The molecular formula is C4H11NS. The summed E-state index contributed by atoms with van der Waals surface area (Å²) in [6, 6.07) is 0. The van der Waals surface area contributed by atoms with Crippen molar-refractivity contribution in [3.8, 4) is 0 Å². The molecule has 0 heterocycles. The molecule has 0 bridgehead atoms. The quantitative estimate of drug-likeness (QED) is 0.488. The number of nitrogens with one attached hydrogen (secondary N) is 1. The molecule has 1 nitrogen and oxygen atoms in total. The molecule has 1 atom stereocenters. The van der Waals surface area contributed by atoms with E-state index in [1.165, 1.54) is 0 Å². The third kappa shape index (κ3) is 4.31. The molecule has 0 amide bonds. The van der Waals surface area contributed by atoms with Gasteiger partial charge in [0.25, 0.3) is 0 Å². The van der Waals surface area contributed by atoms with Crippen LogP contribution in [-0.2, 0) is 0 Å². The van der Waals surface area contributed by atoms with E-state index in [9.17, 15) is 0 Å². The first kappa shape index (κ1) is 6.31. The van der Waals surface area contributed by atoms with Gasteiger partial charge in [-0.3, -0.25) is 0 Å². The minimum atomic E-state index is 0.481. The molecule has 0 saturated carbocycles. The summed E-state index contributed by atoms with van der Waals surface area (Å²) in [5.41, 5.74) is 0. The van der Waals surface area contributed by atoms with Gasteiger partial charge in [-0.2, -0.15) is 12.6 Å². The van der Waals surface area contributed by atoms with Gasteiger partial charge in [0.2, 0.25) is 0 Å². The smallest absolute Gasteiger partial charge is 0.0113 e. The summed E-state index contributed by atoms with van der Waals surface area (Å²) < 4.78 is 0. The van der Waals surface area contributed by atoms with Gasteiger partial charge >= 0.3 is 0 Å². The molecule has 1 N–H and O–H groups in total. The maximum atomic E-state index is 4.12. The predicted octanol–water partition coefficient (Wildman–Crippen LogP) is 0.524. The second kappa shape index (κ2) is 3.50. The maximum absolute atomic E-state index is 4.12. The Morgan fingerprint density at radius 3 is 2.33 bits per heavy atom. The molecule has 0 aromatic heterocycles. The van der Waals surface area contributed by atoms with E-state index in [4.69, 9.17) is 0 Å². The highest BCUT2D eigenvalue weighted by atomic mass is 32.1. The minimum Gasteiger partial charge on any atom is -0.319 e. The van der Waals surface area contributed by atoms with Crippen molar-refractivity contribution in [1.29, 1.82) is 0 Å². The molecule has 38 valence electrons. The van der Waals surface area contributed by atoms with Crippen molar-refractivity contribution >= 4 is 12.6 Å². The largest absolute Gasteiger partial charge is 0.319 e. The highest BCUT2D eigenvalue weighted by Gasteiger charge is 1.85. The molecule has 0 fully saturated rings. The second-order valence-corrected chi connectivity index (χ2v) is 2.29. The molecule has 2 heteroatoms. The van der Waals surface area contributed by atoms with Gasteiger partial charge in [0, 0.05) is 11.8 Å². The topological polar surface area (TPSA) is 12.0 Å². The number of hydrogen-bond acceptors (Lipinski definition) is 2. The average Bonchev–Trinajstić information content (AvgIpc) is 1.35. The molecule has 0 saturated heterocycles. The fourth-order valence-corrected chi connectivity index (χ4v) is 0.478. The zero-order valence-electron chi connectivity index (χ0n) is 4.23. The van der Waals surface area contributed by atoms with Crippen molar-refractivity contribution in [2.45, 2.75) is 12.2 Å².